The van der Waals surface area contributed by atoms with Crippen LogP contribution in [0, 0.1) is 0 Å². The Balaban J connectivity index is 1.26. The lowest BCUT2D eigenvalue weighted by Gasteiger charge is -2.27. The molecule has 2 heteroatoms. The molecule has 14 rings (SSSR count). The summed E-state index contributed by atoms with van der Waals surface area (Å²) in [6.45, 7) is 0. The molecule has 0 aliphatic carbocycles. The molecule has 0 radical (unpaired) electrons. The summed E-state index contributed by atoms with van der Waals surface area (Å²) in [4.78, 5) is 0. The third-order valence-electron chi connectivity index (χ3n) is 14.3. The van der Waals surface area contributed by atoms with Gasteiger partial charge in [-0.1, -0.05) is 206 Å². The molecule has 0 bridgehead atoms. The van der Waals surface area contributed by atoms with Gasteiger partial charge in [-0.15, -0.1) is 0 Å². The van der Waals surface area contributed by atoms with E-state index in [1.54, 1.807) is 0 Å². The van der Waals surface area contributed by atoms with E-state index in [4.69, 9.17) is 0 Å². The number of nitrogens with zero attached hydrogens (tertiary/aromatic N) is 2. The zero-order valence-corrected chi connectivity index (χ0v) is 37.1. The van der Waals surface area contributed by atoms with Crippen molar-refractivity contribution in [3.63, 3.8) is 0 Å². The molecule has 316 valence electrons. The van der Waals surface area contributed by atoms with Gasteiger partial charge in [0.25, 0.3) is 0 Å². The smallest absolute Gasteiger partial charge is 0.0541 e. The largest absolute Gasteiger partial charge is 0.309 e. The number of rotatable bonds is 6. The van der Waals surface area contributed by atoms with Gasteiger partial charge in [0.15, 0.2) is 0 Å². The molecule has 0 aliphatic rings. The molecule has 0 spiro atoms. The lowest BCUT2D eigenvalue weighted by Crippen LogP contribution is -2.01. The Kier molecular flexibility index (Phi) is 8.62. The average Bonchev–Trinajstić information content (AvgIpc) is 3.94. The highest BCUT2D eigenvalue weighted by Crippen LogP contribution is 2.55. The van der Waals surface area contributed by atoms with Crippen LogP contribution in [0.4, 0.5) is 0 Å². The summed E-state index contributed by atoms with van der Waals surface area (Å²) in [7, 11) is 0. The predicted molar refractivity (Wildman–Crippen MR) is 289 cm³/mol. The first kappa shape index (κ1) is 38.3. The SMILES string of the molecule is c1ccc(-c2c(-c3ccccc3)c(-c3ccccc3)c3c4cc(-n5c6ccccc6c6ccccc65)ccc4c4ccc(-n5c6ccccc6c6ccccc65)cc4c3c2-c2ccccc2)cc1. The fraction of sp³-hybridized carbons (Fsp3) is 0. The van der Waals surface area contributed by atoms with Crippen LogP contribution in [0.15, 0.2) is 255 Å². The van der Waals surface area contributed by atoms with Crippen LogP contribution in [-0.4, -0.2) is 9.13 Å². The van der Waals surface area contributed by atoms with Crippen molar-refractivity contribution in [1.82, 2.24) is 9.13 Å². The Bertz CT molecular complexity index is 3890. The van der Waals surface area contributed by atoms with Gasteiger partial charge >= 0.3 is 0 Å². The van der Waals surface area contributed by atoms with Crippen molar-refractivity contribution in [3.8, 4) is 55.9 Å². The van der Waals surface area contributed by atoms with Gasteiger partial charge in [0.1, 0.15) is 0 Å². The van der Waals surface area contributed by atoms with Crippen molar-refractivity contribution < 1.29 is 0 Å². The van der Waals surface area contributed by atoms with Gasteiger partial charge in [-0.05, 0) is 125 Å². The Hall–Kier alpha value is -8.98. The van der Waals surface area contributed by atoms with E-state index in [9.17, 15) is 0 Å². The highest BCUT2D eigenvalue weighted by atomic mass is 15.0. The van der Waals surface area contributed by atoms with Gasteiger partial charge in [-0.3, -0.25) is 0 Å². The molecule has 68 heavy (non-hydrogen) atoms. The number of aromatic nitrogens is 2. The van der Waals surface area contributed by atoms with Crippen LogP contribution in [0.2, 0.25) is 0 Å². The molecule has 0 fully saturated rings. The number of hydrogen-bond acceptors (Lipinski definition) is 0. The molecule has 12 aromatic carbocycles. The Morgan fingerprint density at radius 3 is 0.765 bits per heavy atom. The first-order valence-corrected chi connectivity index (χ1v) is 23.5. The lowest BCUT2D eigenvalue weighted by molar-refractivity contribution is 1.18. The van der Waals surface area contributed by atoms with E-state index in [1.165, 1.54) is 120 Å². The fourth-order valence-corrected chi connectivity index (χ4v) is 11.5. The molecule has 0 N–H and O–H groups in total. The van der Waals surface area contributed by atoms with Crippen LogP contribution in [0.25, 0.3) is 132 Å². The zero-order chi connectivity index (χ0) is 44.7. The quantitative estimate of drug-likeness (QED) is 0.147. The van der Waals surface area contributed by atoms with Crippen LogP contribution in [0.5, 0.6) is 0 Å². The minimum atomic E-state index is 1.13. The minimum absolute atomic E-state index is 1.13. The molecule has 0 saturated heterocycles. The van der Waals surface area contributed by atoms with E-state index < -0.39 is 0 Å². The van der Waals surface area contributed by atoms with Gasteiger partial charge < -0.3 is 9.13 Å². The zero-order valence-electron chi connectivity index (χ0n) is 37.1. The number of hydrogen-bond donors (Lipinski definition) is 0. The van der Waals surface area contributed by atoms with E-state index in [2.05, 4.69) is 264 Å². The summed E-state index contributed by atoms with van der Waals surface area (Å²) >= 11 is 0. The summed E-state index contributed by atoms with van der Waals surface area (Å²) in [6.07, 6.45) is 0. The van der Waals surface area contributed by atoms with Gasteiger partial charge in [0.05, 0.1) is 22.1 Å². The van der Waals surface area contributed by atoms with Gasteiger partial charge in [0, 0.05) is 32.9 Å². The third kappa shape index (κ3) is 5.71. The molecule has 14 aromatic rings. The Labute approximate surface area is 393 Å². The molecular formula is C66H42N2. The van der Waals surface area contributed by atoms with Gasteiger partial charge in [0.2, 0.25) is 0 Å². The lowest BCUT2D eigenvalue weighted by atomic mass is 9.76. The van der Waals surface area contributed by atoms with E-state index in [-0.39, 0.29) is 0 Å². The summed E-state index contributed by atoms with van der Waals surface area (Å²) in [5, 5.41) is 12.3. The van der Waals surface area contributed by atoms with E-state index in [1.807, 2.05) is 0 Å². The van der Waals surface area contributed by atoms with Crippen LogP contribution >= 0.6 is 0 Å². The van der Waals surface area contributed by atoms with Crippen LogP contribution in [0.1, 0.15) is 0 Å². The second kappa shape index (κ2) is 15.3. The molecular weight excluding hydrogens is 821 g/mol. The minimum Gasteiger partial charge on any atom is -0.309 e. The van der Waals surface area contributed by atoms with E-state index >= 15 is 0 Å². The van der Waals surface area contributed by atoms with E-state index in [0.29, 0.717) is 0 Å². The number of para-hydroxylation sites is 4. The molecule has 2 nitrogen and oxygen atoms in total. The second-order valence-electron chi connectivity index (χ2n) is 17.9. The van der Waals surface area contributed by atoms with Crippen LogP contribution in [0.3, 0.4) is 0 Å². The highest BCUT2D eigenvalue weighted by molar-refractivity contribution is 6.35. The molecule has 0 amide bonds. The van der Waals surface area contributed by atoms with Crippen molar-refractivity contribution in [2.45, 2.75) is 0 Å². The van der Waals surface area contributed by atoms with Crippen molar-refractivity contribution >= 4 is 75.9 Å². The van der Waals surface area contributed by atoms with Crippen molar-refractivity contribution in [1.29, 1.82) is 0 Å². The normalized spacial score (nSPS) is 11.8. The fourth-order valence-electron chi connectivity index (χ4n) is 11.5. The monoisotopic (exact) mass is 862 g/mol. The Morgan fingerprint density at radius 2 is 0.456 bits per heavy atom. The first-order valence-electron chi connectivity index (χ1n) is 23.5. The molecule has 0 saturated carbocycles. The first-order chi connectivity index (χ1) is 33.8. The van der Waals surface area contributed by atoms with Crippen molar-refractivity contribution in [3.05, 3.63) is 255 Å². The standard InChI is InChI=1S/C66H42N2/c1-5-21-43(22-6-1)61-62(44-23-7-2-8-24-44)64(46-27-11-4-12-28-46)66-56-42-48(68-59-35-19-15-31-53(59)54-32-16-20-36-60(54)68)38-40-50(56)49-39-37-47(41-55(49)65(66)63(61)45-25-9-3-10-26-45)67-57-33-17-13-29-51(57)52-30-14-18-34-58(52)67/h1-42H. The Morgan fingerprint density at radius 1 is 0.191 bits per heavy atom. The van der Waals surface area contributed by atoms with Crippen LogP contribution in [-0.2, 0) is 0 Å². The molecule has 2 heterocycles. The molecule has 0 aliphatic heterocycles. The van der Waals surface area contributed by atoms with Crippen LogP contribution < -0.4 is 0 Å². The highest BCUT2D eigenvalue weighted by Gasteiger charge is 2.28. The topological polar surface area (TPSA) is 9.86 Å². The summed E-state index contributed by atoms with van der Waals surface area (Å²) in [5.74, 6) is 0. The van der Waals surface area contributed by atoms with E-state index in [0.717, 1.165) is 11.4 Å². The van der Waals surface area contributed by atoms with Gasteiger partial charge in [-0.2, -0.15) is 0 Å². The maximum Gasteiger partial charge on any atom is 0.0541 e. The number of benzene rings is 12. The third-order valence-corrected chi connectivity index (χ3v) is 14.3. The number of fused-ring (bicyclic) bond motifs is 12. The predicted octanol–water partition coefficient (Wildman–Crippen LogP) is 18.0. The average molecular weight is 863 g/mol. The van der Waals surface area contributed by atoms with Crippen molar-refractivity contribution in [2.75, 3.05) is 0 Å². The molecule has 0 unspecified atom stereocenters. The summed E-state index contributed by atoms with van der Waals surface area (Å²) < 4.78 is 4.92. The maximum atomic E-state index is 2.48. The second-order valence-corrected chi connectivity index (χ2v) is 17.9. The van der Waals surface area contributed by atoms with Crippen molar-refractivity contribution in [2.24, 2.45) is 0 Å². The molecule has 0 atom stereocenters. The summed E-state index contributed by atoms with van der Waals surface area (Å²) in [6, 6.07) is 94.1. The summed E-state index contributed by atoms with van der Waals surface area (Å²) in [5.41, 5.74) is 16.6. The maximum absolute atomic E-state index is 2.48. The van der Waals surface area contributed by atoms with Gasteiger partial charge in [-0.25, -0.2) is 0 Å². The molecule has 2 aromatic heterocycles.